The average Bonchev–Trinajstić information content (AvgIpc) is 2.83. The molecule has 0 aromatic heterocycles. The van der Waals surface area contributed by atoms with Gasteiger partial charge >= 0.3 is 5.97 Å². The van der Waals surface area contributed by atoms with Crippen LogP contribution in [0.3, 0.4) is 0 Å². The van der Waals surface area contributed by atoms with Gasteiger partial charge in [-0.1, -0.05) is 12.2 Å². The van der Waals surface area contributed by atoms with Crippen molar-refractivity contribution in [3.63, 3.8) is 0 Å². The standard InChI is InChI=1S/C16H23NO4/c1-16(15(19)20)9-21-8-13(16)17-14(18)7-12-6-10-2-4-11(12)5-3-10/h2,4,10-13H,3,5-9H2,1H3,(H,17,18)(H,19,20)/t10-,11+,12+,13?,16?/m1/s1. The predicted molar refractivity (Wildman–Crippen MR) is 76.6 cm³/mol. The minimum atomic E-state index is -1.01. The monoisotopic (exact) mass is 293 g/mol. The Labute approximate surface area is 124 Å². The van der Waals surface area contributed by atoms with Crippen LogP contribution in [-0.2, 0) is 14.3 Å². The normalized spacial score (nSPS) is 41.2. The Bertz CT molecular complexity index is 475. The summed E-state index contributed by atoms with van der Waals surface area (Å²) in [4.78, 5) is 23.6. The van der Waals surface area contributed by atoms with E-state index in [-0.39, 0.29) is 19.1 Å². The fraction of sp³-hybridized carbons (Fsp3) is 0.750. The Morgan fingerprint density at radius 1 is 1.38 bits per heavy atom. The topological polar surface area (TPSA) is 75.6 Å². The van der Waals surface area contributed by atoms with Gasteiger partial charge < -0.3 is 15.2 Å². The lowest BCUT2D eigenvalue weighted by Crippen LogP contribution is -2.50. The third-order valence-corrected chi connectivity index (χ3v) is 5.44. The third kappa shape index (κ3) is 2.71. The Kier molecular flexibility index (Phi) is 3.78. The van der Waals surface area contributed by atoms with Crippen molar-refractivity contribution in [2.24, 2.45) is 23.2 Å². The van der Waals surface area contributed by atoms with E-state index in [4.69, 9.17) is 4.74 Å². The number of carboxylic acid groups (broad SMARTS) is 1. The van der Waals surface area contributed by atoms with Crippen LogP contribution in [0, 0.1) is 23.2 Å². The Morgan fingerprint density at radius 2 is 2.19 bits per heavy atom. The number of allylic oxidation sites excluding steroid dienone is 2. The van der Waals surface area contributed by atoms with Gasteiger partial charge in [-0.15, -0.1) is 0 Å². The molecule has 3 aliphatic carbocycles. The zero-order chi connectivity index (χ0) is 15.0. The molecule has 0 aromatic carbocycles. The summed E-state index contributed by atoms with van der Waals surface area (Å²) >= 11 is 0. The summed E-state index contributed by atoms with van der Waals surface area (Å²) in [5.74, 6) is 0.611. The van der Waals surface area contributed by atoms with E-state index in [0.29, 0.717) is 24.2 Å². The van der Waals surface area contributed by atoms with Crippen LogP contribution in [-0.4, -0.2) is 36.2 Å². The third-order valence-electron chi connectivity index (χ3n) is 5.44. The first-order valence-electron chi connectivity index (χ1n) is 7.78. The summed E-state index contributed by atoms with van der Waals surface area (Å²) < 4.78 is 5.27. The van der Waals surface area contributed by atoms with Crippen LogP contribution in [0.4, 0.5) is 0 Å². The first-order chi connectivity index (χ1) is 9.99. The molecule has 4 aliphatic rings. The lowest BCUT2D eigenvalue weighted by atomic mass is 9.68. The van der Waals surface area contributed by atoms with Gasteiger partial charge in [0.05, 0.1) is 19.3 Å². The molecule has 2 N–H and O–H groups in total. The van der Waals surface area contributed by atoms with Gasteiger partial charge in [0.25, 0.3) is 0 Å². The Balaban J connectivity index is 1.57. The zero-order valence-corrected chi connectivity index (χ0v) is 12.4. The number of nitrogens with one attached hydrogen (secondary N) is 1. The highest BCUT2D eigenvalue weighted by atomic mass is 16.5. The Morgan fingerprint density at radius 3 is 2.76 bits per heavy atom. The molecule has 21 heavy (non-hydrogen) atoms. The number of amides is 1. The minimum Gasteiger partial charge on any atom is -0.481 e. The highest BCUT2D eigenvalue weighted by Gasteiger charge is 2.47. The molecular weight excluding hydrogens is 270 g/mol. The molecule has 2 unspecified atom stereocenters. The molecule has 1 saturated carbocycles. The molecule has 1 saturated heterocycles. The zero-order valence-electron chi connectivity index (χ0n) is 12.4. The van der Waals surface area contributed by atoms with E-state index in [0.717, 1.165) is 6.42 Å². The molecule has 5 nitrogen and oxygen atoms in total. The number of rotatable bonds is 4. The fourth-order valence-corrected chi connectivity index (χ4v) is 3.86. The SMILES string of the molecule is CC1(C(=O)O)COCC1NC(=O)C[C@@H]1C[C@@H]2C=C[C@H]1CC2. The molecule has 0 spiro atoms. The van der Waals surface area contributed by atoms with E-state index >= 15 is 0 Å². The maximum absolute atomic E-state index is 12.3. The molecule has 0 aromatic rings. The van der Waals surface area contributed by atoms with Crippen molar-refractivity contribution in [3.05, 3.63) is 12.2 Å². The van der Waals surface area contributed by atoms with Gasteiger partial charge in [-0.05, 0) is 43.9 Å². The lowest BCUT2D eigenvalue weighted by molar-refractivity contribution is -0.149. The Hall–Kier alpha value is -1.36. The molecule has 4 rings (SSSR count). The average molecular weight is 293 g/mol. The first kappa shape index (κ1) is 14.6. The van der Waals surface area contributed by atoms with Crippen LogP contribution in [0.15, 0.2) is 12.2 Å². The van der Waals surface area contributed by atoms with E-state index in [2.05, 4.69) is 17.5 Å². The molecule has 2 bridgehead atoms. The van der Waals surface area contributed by atoms with Crippen LogP contribution >= 0.6 is 0 Å². The summed E-state index contributed by atoms with van der Waals surface area (Å²) in [6, 6.07) is -0.432. The summed E-state index contributed by atoms with van der Waals surface area (Å²) in [7, 11) is 0. The van der Waals surface area contributed by atoms with Crippen molar-refractivity contribution in [3.8, 4) is 0 Å². The molecule has 2 fully saturated rings. The number of aliphatic carboxylic acids is 1. The smallest absolute Gasteiger partial charge is 0.313 e. The van der Waals surface area contributed by atoms with Crippen LogP contribution in [0.1, 0.15) is 32.6 Å². The predicted octanol–water partition coefficient (Wildman–Crippen LogP) is 1.58. The van der Waals surface area contributed by atoms with Crippen molar-refractivity contribution in [2.75, 3.05) is 13.2 Å². The van der Waals surface area contributed by atoms with Gasteiger partial charge in [0.1, 0.15) is 5.41 Å². The second kappa shape index (κ2) is 5.44. The summed E-state index contributed by atoms with van der Waals surface area (Å²) in [6.07, 6.45) is 8.56. The summed E-state index contributed by atoms with van der Waals surface area (Å²) in [6.45, 7) is 2.08. The van der Waals surface area contributed by atoms with E-state index in [1.807, 2.05) is 0 Å². The van der Waals surface area contributed by atoms with Gasteiger partial charge in [0.15, 0.2) is 0 Å². The van der Waals surface area contributed by atoms with E-state index in [1.54, 1.807) is 6.92 Å². The van der Waals surface area contributed by atoms with Gasteiger partial charge in [-0.25, -0.2) is 0 Å². The molecule has 1 heterocycles. The van der Waals surface area contributed by atoms with Gasteiger partial charge in [-0.2, -0.15) is 0 Å². The quantitative estimate of drug-likeness (QED) is 0.772. The molecule has 5 atom stereocenters. The number of fused-ring (bicyclic) bond motifs is 2. The van der Waals surface area contributed by atoms with Crippen LogP contribution in [0.25, 0.3) is 0 Å². The number of carbonyl (C=O) groups is 2. The highest BCUT2D eigenvalue weighted by molar-refractivity contribution is 5.80. The van der Waals surface area contributed by atoms with E-state index in [9.17, 15) is 14.7 Å². The largest absolute Gasteiger partial charge is 0.481 e. The second-order valence-corrected chi connectivity index (χ2v) is 6.94. The molecule has 5 heteroatoms. The maximum atomic E-state index is 12.3. The summed E-state index contributed by atoms with van der Waals surface area (Å²) in [5.41, 5.74) is -1.01. The summed E-state index contributed by atoms with van der Waals surface area (Å²) in [5, 5.41) is 12.2. The van der Waals surface area contributed by atoms with E-state index < -0.39 is 17.4 Å². The molecular formula is C16H23NO4. The minimum absolute atomic E-state index is 0.0380. The number of hydrogen-bond acceptors (Lipinski definition) is 3. The molecule has 1 aliphatic heterocycles. The van der Waals surface area contributed by atoms with Crippen molar-refractivity contribution < 1.29 is 19.4 Å². The van der Waals surface area contributed by atoms with Crippen LogP contribution in [0.2, 0.25) is 0 Å². The highest BCUT2D eigenvalue weighted by Crippen LogP contribution is 2.42. The number of hydrogen-bond donors (Lipinski definition) is 2. The van der Waals surface area contributed by atoms with Crippen LogP contribution in [0.5, 0.6) is 0 Å². The molecule has 0 radical (unpaired) electrons. The lowest BCUT2D eigenvalue weighted by Gasteiger charge is -2.38. The van der Waals surface area contributed by atoms with Gasteiger partial charge in [0, 0.05) is 6.42 Å². The maximum Gasteiger partial charge on any atom is 0.313 e. The fourth-order valence-electron chi connectivity index (χ4n) is 3.86. The van der Waals surface area contributed by atoms with Crippen molar-refractivity contribution in [2.45, 2.75) is 38.6 Å². The van der Waals surface area contributed by atoms with Gasteiger partial charge in [0.2, 0.25) is 5.91 Å². The molecule has 116 valence electrons. The molecule has 1 amide bonds. The van der Waals surface area contributed by atoms with Crippen molar-refractivity contribution in [1.82, 2.24) is 5.32 Å². The number of ether oxygens (including phenoxy) is 1. The number of carboxylic acids is 1. The van der Waals surface area contributed by atoms with E-state index in [1.165, 1.54) is 12.8 Å². The second-order valence-electron chi connectivity index (χ2n) is 6.94. The van der Waals surface area contributed by atoms with Gasteiger partial charge in [-0.3, -0.25) is 9.59 Å². The van der Waals surface area contributed by atoms with Crippen molar-refractivity contribution in [1.29, 1.82) is 0 Å². The number of carbonyl (C=O) groups excluding carboxylic acids is 1. The van der Waals surface area contributed by atoms with Crippen molar-refractivity contribution >= 4 is 11.9 Å². The van der Waals surface area contributed by atoms with Crippen LogP contribution < -0.4 is 5.32 Å². The first-order valence-corrected chi connectivity index (χ1v) is 7.78.